The van der Waals surface area contributed by atoms with Gasteiger partial charge in [0.1, 0.15) is 6.54 Å². The lowest BCUT2D eigenvalue weighted by atomic mass is 10.1. The van der Waals surface area contributed by atoms with Crippen LogP contribution in [-0.4, -0.2) is 38.0 Å². The van der Waals surface area contributed by atoms with Crippen molar-refractivity contribution in [3.63, 3.8) is 0 Å². The number of esters is 1. The summed E-state index contributed by atoms with van der Waals surface area (Å²) in [5, 5.41) is 0. The third kappa shape index (κ3) is 3.50. The first-order valence-corrected chi connectivity index (χ1v) is 8.42. The van der Waals surface area contributed by atoms with Gasteiger partial charge in [0, 0.05) is 5.56 Å². The first-order chi connectivity index (χ1) is 12.5. The summed E-state index contributed by atoms with van der Waals surface area (Å²) in [4.78, 5) is 38.9. The number of carbonyl (C=O) groups is 3. The molecule has 0 radical (unpaired) electrons. The molecule has 26 heavy (non-hydrogen) atoms. The van der Waals surface area contributed by atoms with Gasteiger partial charge in [0.05, 0.1) is 31.8 Å². The van der Waals surface area contributed by atoms with Crippen molar-refractivity contribution in [3.05, 3.63) is 65.7 Å². The predicted molar refractivity (Wildman–Crippen MR) is 95.7 cm³/mol. The van der Waals surface area contributed by atoms with Crippen molar-refractivity contribution < 1.29 is 24.0 Å². The second-order valence-electron chi connectivity index (χ2n) is 6.37. The van der Waals surface area contributed by atoms with Crippen LogP contribution in [0.15, 0.2) is 54.6 Å². The largest absolute Gasteiger partial charge is 0.465 e. The number of nitrogens with zero attached hydrogens (tertiary/aromatic N) is 1. The highest BCUT2D eigenvalue weighted by Crippen LogP contribution is 2.22. The third-order valence-electron chi connectivity index (χ3n) is 4.61. The summed E-state index contributed by atoms with van der Waals surface area (Å²) in [6.07, 6.45) is 0.177. The van der Waals surface area contributed by atoms with Gasteiger partial charge in [0.15, 0.2) is 6.04 Å². The van der Waals surface area contributed by atoms with Crippen molar-refractivity contribution in [1.82, 2.24) is 0 Å². The van der Waals surface area contributed by atoms with Crippen LogP contribution in [0.25, 0.3) is 0 Å². The number of ether oxygens (including phenoxy) is 1. The second-order valence-corrected chi connectivity index (χ2v) is 6.37. The van der Waals surface area contributed by atoms with E-state index in [1.807, 2.05) is 37.4 Å². The van der Waals surface area contributed by atoms with E-state index in [0.29, 0.717) is 17.8 Å². The Morgan fingerprint density at radius 2 is 1.77 bits per heavy atom. The molecule has 1 aliphatic heterocycles. The number of quaternary nitrogens is 1. The minimum Gasteiger partial charge on any atom is -0.465 e. The Morgan fingerprint density at radius 1 is 1.12 bits per heavy atom. The quantitative estimate of drug-likeness (QED) is 0.638. The second kappa shape index (κ2) is 7.49. The Bertz CT molecular complexity index is 817. The van der Waals surface area contributed by atoms with Gasteiger partial charge in [-0.05, 0) is 24.3 Å². The number of anilines is 1. The van der Waals surface area contributed by atoms with Crippen LogP contribution in [0.3, 0.4) is 0 Å². The van der Waals surface area contributed by atoms with E-state index in [4.69, 9.17) is 0 Å². The number of carbonyl (C=O) groups excluding carboxylic acids is 3. The zero-order valence-corrected chi connectivity index (χ0v) is 14.8. The van der Waals surface area contributed by atoms with Crippen LogP contribution >= 0.6 is 0 Å². The Labute approximate surface area is 152 Å². The first kappa shape index (κ1) is 17.8. The molecule has 0 aliphatic carbocycles. The fraction of sp³-hybridized carbons (Fsp3) is 0.250. The van der Waals surface area contributed by atoms with Crippen LogP contribution in [0, 0.1) is 0 Å². The van der Waals surface area contributed by atoms with Crippen LogP contribution in [0.4, 0.5) is 5.69 Å². The number of amides is 2. The highest BCUT2D eigenvalue weighted by atomic mass is 16.5. The lowest BCUT2D eigenvalue weighted by Gasteiger charge is -2.20. The maximum Gasteiger partial charge on any atom is 0.337 e. The fourth-order valence-electron chi connectivity index (χ4n) is 3.19. The molecule has 1 aliphatic rings. The molecule has 0 bridgehead atoms. The van der Waals surface area contributed by atoms with Gasteiger partial charge in [0.25, 0.3) is 5.91 Å². The lowest BCUT2D eigenvalue weighted by molar-refractivity contribution is -0.908. The molecule has 1 saturated heterocycles. The molecule has 1 N–H and O–H groups in total. The van der Waals surface area contributed by atoms with E-state index >= 15 is 0 Å². The van der Waals surface area contributed by atoms with Crippen LogP contribution in [0.1, 0.15) is 22.3 Å². The predicted octanol–water partition coefficient (Wildman–Crippen LogP) is 0.820. The standard InChI is InChI=1S/C20H20N2O4/c1-21(13-14-6-4-3-5-7-14)17-12-18(23)22(19(17)24)16-10-8-15(9-11-16)20(25)26-2/h3-11,17H,12-13H2,1-2H3/p+1/t17-/m1/s1. The molecular weight excluding hydrogens is 332 g/mol. The van der Waals surface area contributed by atoms with Crippen molar-refractivity contribution in [2.75, 3.05) is 19.1 Å². The molecule has 2 amide bonds. The number of nitrogens with one attached hydrogen (secondary N) is 1. The monoisotopic (exact) mass is 353 g/mol. The van der Waals surface area contributed by atoms with Crippen molar-refractivity contribution in [2.24, 2.45) is 0 Å². The summed E-state index contributed by atoms with van der Waals surface area (Å²) >= 11 is 0. The minimum atomic E-state index is -0.458. The molecule has 134 valence electrons. The van der Waals surface area contributed by atoms with Crippen LogP contribution in [-0.2, 0) is 20.9 Å². The number of imide groups is 1. The molecule has 1 unspecified atom stereocenters. The molecule has 3 rings (SSSR count). The summed E-state index contributed by atoms with van der Waals surface area (Å²) in [5.41, 5.74) is 1.97. The zero-order chi connectivity index (χ0) is 18.7. The van der Waals surface area contributed by atoms with Crippen LogP contribution in [0.2, 0.25) is 0 Å². The molecule has 2 atom stereocenters. The van der Waals surface area contributed by atoms with Crippen molar-refractivity contribution in [2.45, 2.75) is 19.0 Å². The number of rotatable bonds is 5. The Hall–Kier alpha value is -2.99. The van der Waals surface area contributed by atoms with Gasteiger partial charge in [-0.2, -0.15) is 0 Å². The van der Waals surface area contributed by atoms with Crippen LogP contribution < -0.4 is 9.80 Å². The van der Waals surface area contributed by atoms with Crippen molar-refractivity contribution in [3.8, 4) is 0 Å². The normalized spacial score (nSPS) is 18.1. The number of benzene rings is 2. The molecule has 2 aromatic carbocycles. The molecule has 6 nitrogen and oxygen atoms in total. The van der Waals surface area contributed by atoms with Gasteiger partial charge in [-0.3, -0.25) is 9.59 Å². The zero-order valence-electron chi connectivity index (χ0n) is 14.8. The van der Waals surface area contributed by atoms with E-state index in [1.54, 1.807) is 24.3 Å². The summed E-state index contributed by atoms with van der Waals surface area (Å²) < 4.78 is 4.66. The topological polar surface area (TPSA) is 68.1 Å². The summed E-state index contributed by atoms with van der Waals surface area (Å²) in [5.74, 6) is -0.895. The van der Waals surface area contributed by atoms with Gasteiger partial charge in [-0.25, -0.2) is 9.69 Å². The SMILES string of the molecule is COC(=O)c1ccc(N2C(=O)C[C@@H]([NH+](C)Cc3ccccc3)C2=O)cc1. The molecule has 1 heterocycles. The molecule has 0 spiro atoms. The summed E-state index contributed by atoms with van der Waals surface area (Å²) in [7, 11) is 3.23. The molecular formula is C20H21N2O4+. The molecule has 6 heteroatoms. The van der Waals surface area contributed by atoms with Gasteiger partial charge in [-0.1, -0.05) is 30.3 Å². The summed E-state index contributed by atoms with van der Waals surface area (Å²) in [6, 6.07) is 15.8. The maximum atomic E-state index is 12.8. The van der Waals surface area contributed by atoms with Gasteiger partial charge < -0.3 is 9.64 Å². The Morgan fingerprint density at radius 3 is 2.38 bits per heavy atom. The number of likely N-dealkylation sites (N-methyl/N-ethyl adjacent to an activating group) is 1. The van der Waals surface area contributed by atoms with Crippen molar-refractivity contribution in [1.29, 1.82) is 0 Å². The fourth-order valence-corrected chi connectivity index (χ4v) is 3.19. The maximum absolute atomic E-state index is 12.8. The summed E-state index contributed by atoms with van der Waals surface area (Å²) in [6.45, 7) is 0.666. The first-order valence-electron chi connectivity index (χ1n) is 8.42. The number of hydrogen-bond acceptors (Lipinski definition) is 4. The highest BCUT2D eigenvalue weighted by Gasteiger charge is 2.44. The smallest absolute Gasteiger partial charge is 0.337 e. The number of methoxy groups -OCH3 is 1. The van der Waals surface area contributed by atoms with Crippen molar-refractivity contribution >= 4 is 23.5 Å². The average Bonchev–Trinajstić information content (AvgIpc) is 2.96. The van der Waals surface area contributed by atoms with Gasteiger partial charge in [0.2, 0.25) is 5.91 Å². The Kier molecular flexibility index (Phi) is 5.14. The van der Waals surface area contributed by atoms with Gasteiger partial charge >= 0.3 is 5.97 Å². The van der Waals surface area contributed by atoms with E-state index < -0.39 is 12.0 Å². The van der Waals surface area contributed by atoms with E-state index in [1.165, 1.54) is 12.0 Å². The van der Waals surface area contributed by atoms with E-state index in [9.17, 15) is 14.4 Å². The Balaban J connectivity index is 1.75. The molecule has 0 aromatic heterocycles. The highest BCUT2D eigenvalue weighted by molar-refractivity contribution is 6.21. The molecule has 0 saturated carbocycles. The van der Waals surface area contributed by atoms with E-state index in [-0.39, 0.29) is 18.2 Å². The molecule has 2 aromatic rings. The number of hydrogen-bond donors (Lipinski definition) is 1. The van der Waals surface area contributed by atoms with Gasteiger partial charge in [-0.15, -0.1) is 0 Å². The van der Waals surface area contributed by atoms with Crippen LogP contribution in [0.5, 0.6) is 0 Å². The third-order valence-corrected chi connectivity index (χ3v) is 4.61. The average molecular weight is 353 g/mol. The minimum absolute atomic E-state index is 0.177. The van der Waals surface area contributed by atoms with E-state index in [0.717, 1.165) is 10.5 Å². The lowest BCUT2D eigenvalue weighted by Crippen LogP contribution is -3.12. The van der Waals surface area contributed by atoms with E-state index in [2.05, 4.69) is 4.74 Å². The molecule has 1 fully saturated rings.